The smallest absolute Gasteiger partial charge is 0.208 e. The third-order valence-corrected chi connectivity index (χ3v) is 0.838. The Balaban J connectivity index is 3.39. The summed E-state index contributed by atoms with van der Waals surface area (Å²) in [5, 5.41) is 7.12. The van der Waals surface area contributed by atoms with E-state index < -0.39 is 0 Å². The predicted octanol–water partition coefficient (Wildman–Crippen LogP) is 1.97. The van der Waals surface area contributed by atoms with Gasteiger partial charge in [-0.15, -0.1) is 0 Å². The van der Waals surface area contributed by atoms with E-state index in [1.165, 1.54) is 0 Å². The Bertz CT molecular complexity index is 118. The van der Waals surface area contributed by atoms with Crippen LogP contribution in [0.2, 0.25) is 0 Å². The molecule has 0 fully saturated rings. The van der Waals surface area contributed by atoms with E-state index in [1.54, 1.807) is 6.92 Å². The fourth-order valence-electron chi connectivity index (χ4n) is 0.327. The second-order valence-electron chi connectivity index (χ2n) is 1.96. The number of nitrogens with one attached hydrogen (secondary N) is 1. The molecule has 0 aliphatic heterocycles. The molecule has 0 heterocycles. The molecule has 2 heteroatoms. The maximum atomic E-state index is 7.12. The lowest BCUT2D eigenvalue weighted by molar-refractivity contribution is 0.302. The van der Waals surface area contributed by atoms with Gasteiger partial charge < -0.3 is 4.74 Å². The van der Waals surface area contributed by atoms with Crippen LogP contribution >= 0.6 is 0 Å². The number of ether oxygens (including phenoxy) is 1. The monoisotopic (exact) mass is 127 g/mol. The van der Waals surface area contributed by atoms with Gasteiger partial charge >= 0.3 is 0 Å². The highest BCUT2D eigenvalue weighted by atomic mass is 16.5. The van der Waals surface area contributed by atoms with Crippen molar-refractivity contribution in [3.63, 3.8) is 0 Å². The van der Waals surface area contributed by atoms with Crippen LogP contribution in [0.15, 0.2) is 12.2 Å². The van der Waals surface area contributed by atoms with Crippen molar-refractivity contribution in [3.05, 3.63) is 12.2 Å². The Morgan fingerprint density at radius 1 is 1.67 bits per heavy atom. The minimum absolute atomic E-state index is 0.205. The zero-order valence-corrected chi connectivity index (χ0v) is 6.03. The van der Waals surface area contributed by atoms with Gasteiger partial charge in [0.15, 0.2) is 0 Å². The van der Waals surface area contributed by atoms with Crippen LogP contribution in [0, 0.1) is 5.41 Å². The lowest BCUT2D eigenvalue weighted by atomic mass is 10.3. The molecule has 1 N–H and O–H groups in total. The summed E-state index contributed by atoms with van der Waals surface area (Å²) in [4.78, 5) is 0. The van der Waals surface area contributed by atoms with Crippen LogP contribution in [0.3, 0.4) is 0 Å². The number of hydrogen-bond acceptors (Lipinski definition) is 2. The highest BCUT2D eigenvalue weighted by Gasteiger charge is 1.94. The van der Waals surface area contributed by atoms with E-state index in [-0.39, 0.29) is 5.90 Å². The summed E-state index contributed by atoms with van der Waals surface area (Å²) >= 11 is 0. The van der Waals surface area contributed by atoms with E-state index in [1.807, 2.05) is 6.92 Å². The van der Waals surface area contributed by atoms with E-state index in [9.17, 15) is 0 Å². The highest BCUT2D eigenvalue weighted by molar-refractivity contribution is 5.89. The third-order valence-electron chi connectivity index (χ3n) is 0.838. The van der Waals surface area contributed by atoms with E-state index in [4.69, 9.17) is 10.1 Å². The minimum atomic E-state index is 0.205. The molecule has 9 heavy (non-hydrogen) atoms. The van der Waals surface area contributed by atoms with Crippen LogP contribution in [0.4, 0.5) is 0 Å². The predicted molar refractivity (Wildman–Crippen MR) is 38.8 cm³/mol. The second kappa shape index (κ2) is 4.13. The maximum Gasteiger partial charge on any atom is 0.208 e. The molecular weight excluding hydrogens is 114 g/mol. The van der Waals surface area contributed by atoms with Crippen molar-refractivity contribution < 1.29 is 4.74 Å². The van der Waals surface area contributed by atoms with Crippen molar-refractivity contribution in [2.24, 2.45) is 0 Å². The molecule has 0 amide bonds. The average molecular weight is 127 g/mol. The first-order chi connectivity index (χ1) is 4.18. The lowest BCUT2D eigenvalue weighted by Crippen LogP contribution is -2.03. The number of hydrogen-bond donors (Lipinski definition) is 1. The highest BCUT2D eigenvalue weighted by Crippen LogP contribution is 1.92. The van der Waals surface area contributed by atoms with Crippen LogP contribution in [0.1, 0.15) is 20.3 Å². The van der Waals surface area contributed by atoms with E-state index in [0.717, 1.165) is 6.42 Å². The third kappa shape index (κ3) is 3.76. The van der Waals surface area contributed by atoms with Gasteiger partial charge in [-0.2, -0.15) is 0 Å². The van der Waals surface area contributed by atoms with Gasteiger partial charge in [0.2, 0.25) is 5.90 Å². The molecule has 0 unspecified atom stereocenters. The van der Waals surface area contributed by atoms with Crippen LogP contribution in [-0.4, -0.2) is 12.5 Å². The molecule has 52 valence electrons. The molecule has 0 atom stereocenters. The normalized spacial score (nSPS) is 8.67. The molecule has 0 radical (unpaired) electrons. The van der Waals surface area contributed by atoms with Gasteiger partial charge in [-0.25, -0.2) is 0 Å². The van der Waals surface area contributed by atoms with Crippen molar-refractivity contribution in [1.29, 1.82) is 5.41 Å². The molecule has 2 nitrogen and oxygen atoms in total. The standard InChI is InChI=1S/C7H13NO/c1-4-5-9-7(8)6(2)3/h8H,2,4-5H2,1,3H3. The average Bonchev–Trinajstić information content (AvgIpc) is 1.82. The molecule has 0 bridgehead atoms. The molecule has 0 spiro atoms. The van der Waals surface area contributed by atoms with E-state index >= 15 is 0 Å². The van der Waals surface area contributed by atoms with Crippen molar-refractivity contribution in [2.75, 3.05) is 6.61 Å². The SMILES string of the molecule is C=C(C)C(=N)OCCC. The van der Waals surface area contributed by atoms with Gasteiger partial charge in [-0.3, -0.25) is 5.41 Å². The summed E-state index contributed by atoms with van der Waals surface area (Å²) in [7, 11) is 0. The maximum absolute atomic E-state index is 7.12. The van der Waals surface area contributed by atoms with Crippen LogP contribution in [0.25, 0.3) is 0 Å². The van der Waals surface area contributed by atoms with E-state index in [0.29, 0.717) is 12.2 Å². The minimum Gasteiger partial charge on any atom is -0.478 e. The summed E-state index contributed by atoms with van der Waals surface area (Å²) in [6, 6.07) is 0. The van der Waals surface area contributed by atoms with Gasteiger partial charge in [0.25, 0.3) is 0 Å². The fraction of sp³-hybridized carbons (Fsp3) is 0.571. The van der Waals surface area contributed by atoms with Gasteiger partial charge in [0.05, 0.1) is 6.61 Å². The first-order valence-corrected chi connectivity index (χ1v) is 3.05. The molecule has 0 aromatic rings. The van der Waals surface area contributed by atoms with Gasteiger partial charge in [-0.1, -0.05) is 13.5 Å². The molecule has 0 aliphatic carbocycles. The van der Waals surface area contributed by atoms with Crippen molar-refractivity contribution in [2.45, 2.75) is 20.3 Å². The lowest BCUT2D eigenvalue weighted by Gasteiger charge is -2.03. The van der Waals surface area contributed by atoms with Crippen LogP contribution < -0.4 is 0 Å². The first kappa shape index (κ1) is 8.21. The molecule has 0 rings (SSSR count). The fourth-order valence-corrected chi connectivity index (χ4v) is 0.327. The topological polar surface area (TPSA) is 33.1 Å². The van der Waals surface area contributed by atoms with Gasteiger partial charge in [0, 0.05) is 5.57 Å². The molecule has 0 saturated carbocycles. The van der Waals surface area contributed by atoms with Crippen LogP contribution in [-0.2, 0) is 4.74 Å². The Hall–Kier alpha value is -0.790. The zero-order valence-electron chi connectivity index (χ0n) is 6.03. The van der Waals surface area contributed by atoms with E-state index in [2.05, 4.69) is 6.58 Å². The van der Waals surface area contributed by atoms with Gasteiger partial charge in [-0.05, 0) is 13.3 Å². The summed E-state index contributed by atoms with van der Waals surface area (Å²) < 4.78 is 4.94. The molecule has 0 saturated heterocycles. The van der Waals surface area contributed by atoms with Crippen LogP contribution in [0.5, 0.6) is 0 Å². The Morgan fingerprint density at radius 2 is 2.22 bits per heavy atom. The summed E-state index contributed by atoms with van der Waals surface area (Å²) in [5.74, 6) is 0.205. The first-order valence-electron chi connectivity index (χ1n) is 3.05. The Labute approximate surface area is 56.0 Å². The molecule has 0 aromatic heterocycles. The quantitative estimate of drug-likeness (QED) is 0.456. The largest absolute Gasteiger partial charge is 0.478 e. The molecular formula is C7H13NO. The van der Waals surface area contributed by atoms with Crippen molar-refractivity contribution >= 4 is 5.90 Å². The molecule has 0 aliphatic rings. The Kier molecular flexibility index (Phi) is 3.76. The second-order valence-corrected chi connectivity index (χ2v) is 1.96. The Morgan fingerprint density at radius 3 is 2.56 bits per heavy atom. The summed E-state index contributed by atoms with van der Waals surface area (Å²) in [6.45, 7) is 7.94. The van der Waals surface area contributed by atoms with Crippen molar-refractivity contribution in [3.8, 4) is 0 Å². The zero-order chi connectivity index (χ0) is 7.28. The van der Waals surface area contributed by atoms with Crippen molar-refractivity contribution in [1.82, 2.24) is 0 Å². The number of rotatable bonds is 3. The molecule has 0 aromatic carbocycles. The summed E-state index contributed by atoms with van der Waals surface area (Å²) in [6.07, 6.45) is 0.940. The van der Waals surface area contributed by atoms with Gasteiger partial charge in [0.1, 0.15) is 0 Å². The summed E-state index contributed by atoms with van der Waals surface area (Å²) in [5.41, 5.74) is 0.684.